The maximum absolute atomic E-state index is 9.90. The zero-order valence-corrected chi connectivity index (χ0v) is 8.99. The van der Waals surface area contributed by atoms with Gasteiger partial charge in [0.05, 0.1) is 0 Å². The van der Waals surface area contributed by atoms with Crippen LogP contribution in [0.15, 0.2) is 36.5 Å². The Hall–Kier alpha value is -1.11. The molecule has 0 saturated carbocycles. The molecule has 0 aromatic carbocycles. The summed E-state index contributed by atoms with van der Waals surface area (Å²) in [6.45, 7) is 2.22. The lowest BCUT2D eigenvalue weighted by Crippen LogP contribution is -1.72. The standard InChI is InChI=1S/C13H20O/c1-2-3-4-5-6-7-8-9-10-11-12-13-14/h7-13H,2-6H2,1H3/b8-7-,10-9-,12-11+. The highest BCUT2D eigenvalue weighted by Crippen LogP contribution is 2.02. The first kappa shape index (κ1) is 12.9. The minimum atomic E-state index is 0.777. The number of allylic oxidation sites excluding steroid dienone is 6. The van der Waals surface area contributed by atoms with Crippen LogP contribution in [0.2, 0.25) is 0 Å². The molecule has 0 amide bonds. The maximum Gasteiger partial charge on any atom is 0.142 e. The van der Waals surface area contributed by atoms with E-state index in [-0.39, 0.29) is 0 Å². The van der Waals surface area contributed by atoms with Crippen molar-refractivity contribution in [2.75, 3.05) is 0 Å². The van der Waals surface area contributed by atoms with Gasteiger partial charge in [0.2, 0.25) is 0 Å². The molecule has 0 aliphatic heterocycles. The summed E-state index contributed by atoms with van der Waals surface area (Å²) in [6, 6.07) is 0. The molecule has 0 aliphatic rings. The Kier molecular flexibility index (Phi) is 10.9. The number of carbonyl (C=O) groups is 1. The Morgan fingerprint density at radius 2 is 1.57 bits per heavy atom. The quantitative estimate of drug-likeness (QED) is 0.247. The van der Waals surface area contributed by atoms with Crippen molar-refractivity contribution in [3.05, 3.63) is 36.5 Å². The first-order valence-electron chi connectivity index (χ1n) is 5.35. The average molecular weight is 192 g/mol. The minimum absolute atomic E-state index is 0.777. The summed E-state index contributed by atoms with van der Waals surface area (Å²) in [5.41, 5.74) is 0. The van der Waals surface area contributed by atoms with E-state index in [1.165, 1.54) is 31.8 Å². The molecular weight excluding hydrogens is 172 g/mol. The molecule has 0 aromatic heterocycles. The number of carbonyl (C=O) groups excluding carboxylic acids is 1. The molecular formula is C13H20O. The largest absolute Gasteiger partial charge is 0.299 e. The van der Waals surface area contributed by atoms with Crippen molar-refractivity contribution in [2.45, 2.75) is 39.0 Å². The van der Waals surface area contributed by atoms with Crippen LogP contribution >= 0.6 is 0 Å². The lowest BCUT2D eigenvalue weighted by Gasteiger charge is -1.92. The van der Waals surface area contributed by atoms with E-state index in [1.54, 1.807) is 6.08 Å². The molecule has 0 radical (unpaired) electrons. The van der Waals surface area contributed by atoms with Crippen LogP contribution in [0, 0.1) is 0 Å². The lowest BCUT2D eigenvalue weighted by molar-refractivity contribution is -0.104. The first-order valence-corrected chi connectivity index (χ1v) is 5.35. The zero-order valence-electron chi connectivity index (χ0n) is 8.99. The van der Waals surface area contributed by atoms with E-state index in [2.05, 4.69) is 13.0 Å². The van der Waals surface area contributed by atoms with E-state index in [1.807, 2.05) is 18.2 Å². The van der Waals surface area contributed by atoms with Gasteiger partial charge in [0.25, 0.3) is 0 Å². The van der Waals surface area contributed by atoms with E-state index in [0.717, 1.165) is 12.7 Å². The van der Waals surface area contributed by atoms with Crippen LogP contribution in [0.25, 0.3) is 0 Å². The Labute approximate surface area is 87.2 Å². The summed E-state index contributed by atoms with van der Waals surface area (Å²) in [4.78, 5) is 9.90. The first-order chi connectivity index (χ1) is 6.91. The van der Waals surface area contributed by atoms with Gasteiger partial charge in [0, 0.05) is 0 Å². The van der Waals surface area contributed by atoms with Gasteiger partial charge >= 0.3 is 0 Å². The molecule has 0 spiro atoms. The van der Waals surface area contributed by atoms with Crippen molar-refractivity contribution in [1.82, 2.24) is 0 Å². The summed E-state index contributed by atoms with van der Waals surface area (Å²) in [6.07, 6.45) is 18.4. The average Bonchev–Trinajstić information content (AvgIpc) is 2.21. The monoisotopic (exact) mass is 192 g/mol. The Morgan fingerprint density at radius 1 is 0.857 bits per heavy atom. The fraction of sp³-hybridized carbons (Fsp3) is 0.462. The topological polar surface area (TPSA) is 17.1 Å². The van der Waals surface area contributed by atoms with Crippen LogP contribution in [0.5, 0.6) is 0 Å². The summed E-state index contributed by atoms with van der Waals surface area (Å²) < 4.78 is 0. The third kappa shape index (κ3) is 10.9. The van der Waals surface area contributed by atoms with Crippen molar-refractivity contribution >= 4 is 6.29 Å². The second-order valence-electron chi connectivity index (χ2n) is 3.18. The molecule has 0 N–H and O–H groups in total. The molecule has 0 aliphatic carbocycles. The van der Waals surface area contributed by atoms with Crippen LogP contribution in [0.4, 0.5) is 0 Å². The highest BCUT2D eigenvalue weighted by Gasteiger charge is 1.82. The highest BCUT2D eigenvalue weighted by molar-refractivity contribution is 5.65. The van der Waals surface area contributed by atoms with Gasteiger partial charge in [0.15, 0.2) is 0 Å². The molecule has 0 heterocycles. The molecule has 14 heavy (non-hydrogen) atoms. The predicted octanol–water partition coefficient (Wildman–Crippen LogP) is 3.82. The Bertz CT molecular complexity index is 199. The van der Waals surface area contributed by atoms with Crippen LogP contribution in [-0.2, 0) is 4.79 Å². The molecule has 0 saturated heterocycles. The van der Waals surface area contributed by atoms with E-state index >= 15 is 0 Å². The maximum atomic E-state index is 9.90. The third-order valence-electron chi connectivity index (χ3n) is 1.88. The molecule has 0 rings (SSSR count). The minimum Gasteiger partial charge on any atom is -0.299 e. The van der Waals surface area contributed by atoms with Crippen molar-refractivity contribution in [3.63, 3.8) is 0 Å². The SMILES string of the molecule is CCCCCC\C=C/C=C\C=C\C=O. The van der Waals surface area contributed by atoms with Crippen molar-refractivity contribution in [3.8, 4) is 0 Å². The van der Waals surface area contributed by atoms with Gasteiger partial charge in [-0.1, -0.05) is 56.6 Å². The number of unbranched alkanes of at least 4 members (excludes halogenated alkanes) is 4. The molecule has 0 bridgehead atoms. The zero-order chi connectivity index (χ0) is 10.5. The van der Waals surface area contributed by atoms with Gasteiger partial charge in [-0.05, 0) is 18.9 Å². The Balaban J connectivity index is 3.30. The van der Waals surface area contributed by atoms with Gasteiger partial charge in [0.1, 0.15) is 6.29 Å². The molecule has 0 fully saturated rings. The molecule has 0 aromatic rings. The summed E-state index contributed by atoms with van der Waals surface area (Å²) in [5, 5.41) is 0. The second kappa shape index (κ2) is 11.9. The molecule has 1 nitrogen and oxygen atoms in total. The third-order valence-corrected chi connectivity index (χ3v) is 1.88. The van der Waals surface area contributed by atoms with Crippen LogP contribution < -0.4 is 0 Å². The van der Waals surface area contributed by atoms with Crippen molar-refractivity contribution in [2.24, 2.45) is 0 Å². The van der Waals surface area contributed by atoms with E-state index in [9.17, 15) is 4.79 Å². The van der Waals surface area contributed by atoms with Crippen molar-refractivity contribution < 1.29 is 4.79 Å². The second-order valence-corrected chi connectivity index (χ2v) is 3.18. The van der Waals surface area contributed by atoms with Crippen LogP contribution in [0.3, 0.4) is 0 Å². The van der Waals surface area contributed by atoms with Crippen LogP contribution in [0.1, 0.15) is 39.0 Å². The number of aldehydes is 1. The number of rotatable bonds is 8. The number of hydrogen-bond acceptors (Lipinski definition) is 1. The molecule has 1 heteroatoms. The lowest BCUT2D eigenvalue weighted by atomic mass is 10.1. The van der Waals surface area contributed by atoms with Gasteiger partial charge in [-0.25, -0.2) is 0 Å². The molecule has 0 unspecified atom stereocenters. The van der Waals surface area contributed by atoms with Gasteiger partial charge in [-0.2, -0.15) is 0 Å². The van der Waals surface area contributed by atoms with E-state index in [0.29, 0.717) is 0 Å². The normalized spacial score (nSPS) is 12.1. The van der Waals surface area contributed by atoms with Crippen LogP contribution in [-0.4, -0.2) is 6.29 Å². The van der Waals surface area contributed by atoms with Gasteiger partial charge in [-0.15, -0.1) is 0 Å². The van der Waals surface area contributed by atoms with Gasteiger partial charge < -0.3 is 0 Å². The molecule has 0 atom stereocenters. The summed E-state index contributed by atoms with van der Waals surface area (Å²) in [5.74, 6) is 0. The van der Waals surface area contributed by atoms with E-state index < -0.39 is 0 Å². The predicted molar refractivity (Wildman–Crippen MR) is 62.2 cm³/mol. The summed E-state index contributed by atoms with van der Waals surface area (Å²) in [7, 11) is 0. The Morgan fingerprint density at radius 3 is 2.29 bits per heavy atom. The van der Waals surface area contributed by atoms with Gasteiger partial charge in [-0.3, -0.25) is 4.79 Å². The number of hydrogen-bond donors (Lipinski definition) is 0. The fourth-order valence-corrected chi connectivity index (χ4v) is 1.10. The summed E-state index contributed by atoms with van der Waals surface area (Å²) >= 11 is 0. The fourth-order valence-electron chi connectivity index (χ4n) is 1.10. The van der Waals surface area contributed by atoms with E-state index in [4.69, 9.17) is 0 Å². The van der Waals surface area contributed by atoms with Crippen molar-refractivity contribution in [1.29, 1.82) is 0 Å². The smallest absolute Gasteiger partial charge is 0.142 e. The highest BCUT2D eigenvalue weighted by atomic mass is 16.1. The molecule has 78 valence electrons.